The molecule has 4 rings (SSSR count). The van der Waals surface area contributed by atoms with Crippen molar-refractivity contribution in [2.24, 2.45) is 22.7 Å². The minimum Gasteiger partial charge on any atom is -0.370 e. The monoisotopic (exact) mass is 400 g/mol. The summed E-state index contributed by atoms with van der Waals surface area (Å²) in [6.45, 7) is 3.56. The van der Waals surface area contributed by atoms with Gasteiger partial charge in [-0.3, -0.25) is 4.90 Å². The Morgan fingerprint density at radius 3 is 2.44 bits per heavy atom. The minimum absolute atomic E-state index is 0.147. The zero-order valence-corrected chi connectivity index (χ0v) is 15.9. The van der Waals surface area contributed by atoms with Gasteiger partial charge in [-0.25, -0.2) is 22.4 Å². The van der Waals surface area contributed by atoms with Gasteiger partial charge in [0.05, 0.1) is 16.5 Å². The van der Waals surface area contributed by atoms with Gasteiger partial charge in [-0.05, 0) is 42.3 Å². The summed E-state index contributed by atoms with van der Waals surface area (Å²) in [6.07, 6.45) is 0.0230. The lowest BCUT2D eigenvalue weighted by Gasteiger charge is -2.39. The fourth-order valence-corrected chi connectivity index (χ4v) is 5.58. The van der Waals surface area contributed by atoms with E-state index >= 15 is 0 Å². The Bertz CT molecular complexity index is 808. The van der Waals surface area contributed by atoms with Crippen molar-refractivity contribution in [1.82, 2.24) is 9.21 Å². The lowest BCUT2D eigenvalue weighted by Crippen LogP contribution is -2.49. The number of nitrogens with zero attached hydrogens (tertiary/aromatic N) is 2. The Balaban J connectivity index is 1.38. The second kappa shape index (κ2) is 7.06. The minimum atomic E-state index is -2.64. The standard InChI is InChI=1S/C18H26F2N4O2S/c1-27(22,25)24-8-11-6-23(7-12(11)9-24)14-5-17(21)18(26-10-14)15-4-13(19)2-3-16(15)20/h2-4,11-12,14,17-18H,1,5-10,21H2,(H2,22,25). The molecule has 3 heterocycles. The highest BCUT2D eigenvalue weighted by Gasteiger charge is 2.45. The molecule has 6 unspecified atom stereocenters. The van der Waals surface area contributed by atoms with Crippen molar-refractivity contribution in [2.45, 2.75) is 24.6 Å². The van der Waals surface area contributed by atoms with Gasteiger partial charge in [0.25, 0.3) is 0 Å². The number of likely N-dealkylation sites (tertiary alicyclic amines) is 1. The molecule has 1 aromatic rings. The number of benzene rings is 1. The van der Waals surface area contributed by atoms with E-state index in [2.05, 4.69) is 10.8 Å². The summed E-state index contributed by atoms with van der Waals surface area (Å²) in [7, 11) is -2.64. The second-order valence-electron chi connectivity index (χ2n) is 7.98. The van der Waals surface area contributed by atoms with Gasteiger partial charge < -0.3 is 10.5 Å². The van der Waals surface area contributed by atoms with Crippen LogP contribution in [0, 0.1) is 23.5 Å². The first-order valence-corrected chi connectivity index (χ1v) is 10.9. The zero-order chi connectivity index (χ0) is 19.3. The van der Waals surface area contributed by atoms with Crippen LogP contribution in [0.2, 0.25) is 0 Å². The maximum absolute atomic E-state index is 14.1. The number of hydrogen-bond acceptors (Lipinski definition) is 4. The van der Waals surface area contributed by atoms with Gasteiger partial charge in [0.2, 0.25) is 0 Å². The van der Waals surface area contributed by atoms with Crippen LogP contribution in [0.5, 0.6) is 0 Å². The molecule has 0 bridgehead atoms. The number of hydrogen-bond donors (Lipinski definition) is 2. The molecule has 0 spiro atoms. The maximum Gasteiger partial charge on any atom is 0.129 e. The molecule has 0 saturated carbocycles. The molecule has 3 saturated heterocycles. The van der Waals surface area contributed by atoms with Crippen molar-refractivity contribution in [3.8, 4) is 0 Å². The highest BCUT2D eigenvalue weighted by Crippen LogP contribution is 2.37. The number of nitrogens with two attached hydrogens (primary N) is 2. The zero-order valence-electron chi connectivity index (χ0n) is 15.1. The van der Waals surface area contributed by atoms with Crippen LogP contribution in [0.15, 0.2) is 18.2 Å². The Hall–Kier alpha value is -1.10. The Morgan fingerprint density at radius 2 is 1.85 bits per heavy atom. The summed E-state index contributed by atoms with van der Waals surface area (Å²) >= 11 is 0. The first kappa shape index (κ1) is 19.2. The number of rotatable bonds is 3. The third kappa shape index (κ3) is 3.76. The molecule has 1 aromatic carbocycles. The smallest absolute Gasteiger partial charge is 0.129 e. The van der Waals surface area contributed by atoms with Gasteiger partial charge in [-0.15, -0.1) is 0 Å². The van der Waals surface area contributed by atoms with E-state index in [1.165, 1.54) is 0 Å². The lowest BCUT2D eigenvalue weighted by atomic mass is 9.93. The summed E-state index contributed by atoms with van der Waals surface area (Å²) in [4.78, 5) is 2.35. The summed E-state index contributed by atoms with van der Waals surface area (Å²) in [5.41, 5.74) is 6.45. The van der Waals surface area contributed by atoms with Crippen LogP contribution in [0.3, 0.4) is 0 Å². The SMILES string of the molecule is C=S(N)(=O)N1CC2CN(C3COC(c4cc(F)ccc4F)C(N)C3)CC2C1. The van der Waals surface area contributed by atoms with Gasteiger partial charge in [0.1, 0.15) is 17.7 Å². The van der Waals surface area contributed by atoms with Crippen molar-refractivity contribution in [2.75, 3.05) is 32.8 Å². The summed E-state index contributed by atoms with van der Waals surface area (Å²) < 4.78 is 47.2. The molecule has 6 nitrogen and oxygen atoms in total. The van der Waals surface area contributed by atoms with Gasteiger partial charge in [-0.2, -0.15) is 0 Å². The third-order valence-electron chi connectivity index (χ3n) is 6.10. The Morgan fingerprint density at radius 1 is 1.19 bits per heavy atom. The molecule has 4 N–H and O–H groups in total. The van der Waals surface area contributed by atoms with Crippen molar-refractivity contribution in [3.05, 3.63) is 35.4 Å². The van der Waals surface area contributed by atoms with Crippen LogP contribution < -0.4 is 10.9 Å². The van der Waals surface area contributed by atoms with Crippen molar-refractivity contribution in [1.29, 1.82) is 0 Å². The van der Waals surface area contributed by atoms with Crippen LogP contribution in [-0.2, 0) is 14.6 Å². The quantitative estimate of drug-likeness (QED) is 0.724. The average Bonchev–Trinajstić information content (AvgIpc) is 3.16. The van der Waals surface area contributed by atoms with E-state index in [9.17, 15) is 13.0 Å². The van der Waals surface area contributed by atoms with E-state index in [4.69, 9.17) is 15.6 Å². The molecule has 3 aliphatic rings. The molecule has 27 heavy (non-hydrogen) atoms. The van der Waals surface area contributed by atoms with Crippen LogP contribution in [0.1, 0.15) is 18.1 Å². The molecule has 0 aromatic heterocycles. The predicted octanol–water partition coefficient (Wildman–Crippen LogP) is 0.491. The lowest BCUT2D eigenvalue weighted by molar-refractivity contribution is -0.0485. The van der Waals surface area contributed by atoms with E-state index in [0.29, 0.717) is 38.0 Å². The van der Waals surface area contributed by atoms with Gasteiger partial charge in [0, 0.05) is 43.8 Å². The summed E-state index contributed by atoms with van der Waals surface area (Å²) in [5, 5.41) is 5.67. The predicted molar refractivity (Wildman–Crippen MR) is 101 cm³/mol. The summed E-state index contributed by atoms with van der Waals surface area (Å²) in [6, 6.07) is 3.11. The summed E-state index contributed by atoms with van der Waals surface area (Å²) in [5.74, 6) is 3.40. The highest BCUT2D eigenvalue weighted by atomic mass is 32.2. The van der Waals surface area contributed by atoms with E-state index in [-0.39, 0.29) is 11.6 Å². The van der Waals surface area contributed by atoms with Gasteiger partial charge in [-0.1, -0.05) is 0 Å². The van der Waals surface area contributed by atoms with Crippen LogP contribution >= 0.6 is 0 Å². The largest absolute Gasteiger partial charge is 0.370 e. The highest BCUT2D eigenvalue weighted by molar-refractivity contribution is 7.96. The van der Waals surface area contributed by atoms with Gasteiger partial charge >= 0.3 is 0 Å². The first-order valence-electron chi connectivity index (χ1n) is 9.18. The van der Waals surface area contributed by atoms with E-state index in [1.807, 2.05) is 0 Å². The molecular weight excluding hydrogens is 374 g/mol. The van der Waals surface area contributed by atoms with Crippen molar-refractivity contribution in [3.63, 3.8) is 0 Å². The van der Waals surface area contributed by atoms with Crippen LogP contribution in [0.4, 0.5) is 8.78 Å². The average molecular weight is 400 g/mol. The fourth-order valence-electron chi connectivity index (χ4n) is 4.69. The molecular formula is C18H26F2N4O2S. The van der Waals surface area contributed by atoms with Gasteiger partial charge in [0.15, 0.2) is 0 Å². The molecule has 0 radical (unpaired) electrons. The molecule has 0 amide bonds. The molecule has 3 fully saturated rings. The number of fused-ring (bicyclic) bond motifs is 1. The molecule has 9 heteroatoms. The molecule has 0 aliphatic carbocycles. The number of halogens is 2. The van der Waals surface area contributed by atoms with Crippen molar-refractivity contribution < 1.29 is 17.7 Å². The first-order chi connectivity index (χ1) is 12.7. The molecule has 3 aliphatic heterocycles. The van der Waals surface area contributed by atoms with Crippen molar-refractivity contribution >= 4 is 15.8 Å². The van der Waals surface area contributed by atoms with Crippen LogP contribution in [-0.4, -0.2) is 64.2 Å². The Kier molecular flexibility index (Phi) is 5.02. The van der Waals surface area contributed by atoms with E-state index < -0.39 is 33.7 Å². The molecule has 6 atom stereocenters. The topological polar surface area (TPSA) is 84.8 Å². The van der Waals surface area contributed by atoms with E-state index in [1.54, 1.807) is 4.31 Å². The molecule has 150 valence electrons. The maximum atomic E-state index is 14.1. The third-order valence-corrected chi connectivity index (χ3v) is 7.27. The van der Waals surface area contributed by atoms with E-state index in [0.717, 1.165) is 31.3 Å². The van der Waals surface area contributed by atoms with Crippen LogP contribution in [0.25, 0.3) is 0 Å². The number of ether oxygens (including phenoxy) is 1. The fraction of sp³-hybridized carbons (Fsp3) is 0.611. The second-order valence-corrected chi connectivity index (χ2v) is 9.88. The Labute approximate surface area is 158 Å². The normalized spacial score (nSPS) is 37.3.